The minimum Gasteiger partial charge on any atom is -0.359 e. The fourth-order valence-corrected chi connectivity index (χ4v) is 2.15. The van der Waals surface area contributed by atoms with Crippen LogP contribution >= 0.6 is 0 Å². The summed E-state index contributed by atoms with van der Waals surface area (Å²) >= 11 is 0. The van der Waals surface area contributed by atoms with Crippen molar-refractivity contribution in [1.29, 1.82) is 0 Å². The fraction of sp³-hybridized carbons (Fsp3) is 0.400. The van der Waals surface area contributed by atoms with E-state index in [2.05, 4.69) is 36.3 Å². The van der Waals surface area contributed by atoms with E-state index in [9.17, 15) is 9.59 Å². The van der Waals surface area contributed by atoms with Gasteiger partial charge < -0.3 is 4.90 Å². The predicted octanol–water partition coefficient (Wildman–Crippen LogP) is 1.56. The third-order valence-corrected chi connectivity index (χ3v) is 3.47. The Morgan fingerprint density at radius 2 is 2.29 bits per heavy atom. The molecule has 0 bridgehead atoms. The molecule has 0 radical (unpaired) electrons. The molecule has 0 spiro atoms. The van der Waals surface area contributed by atoms with E-state index in [1.165, 1.54) is 5.56 Å². The standard InChI is InChI=1S/C15H20N4O2/c1-11(2)12-4-7-19-13(8-12)16-9-15(19)18(3)6-5-14(21)17-10-20/h4,7-11H,5-6H2,1-3H3,(H,17,20,21). The van der Waals surface area contributed by atoms with Crippen molar-refractivity contribution in [3.63, 3.8) is 0 Å². The zero-order valence-electron chi connectivity index (χ0n) is 12.5. The SMILES string of the molecule is CC(C)c1ccn2c(N(C)CCC(=O)NC=O)cnc2c1. The predicted molar refractivity (Wildman–Crippen MR) is 81.4 cm³/mol. The number of nitrogens with zero attached hydrogens (tertiary/aromatic N) is 3. The lowest BCUT2D eigenvalue weighted by Crippen LogP contribution is -2.28. The van der Waals surface area contributed by atoms with E-state index in [1.807, 2.05) is 22.5 Å². The topological polar surface area (TPSA) is 66.7 Å². The summed E-state index contributed by atoms with van der Waals surface area (Å²) in [5.41, 5.74) is 2.13. The molecular formula is C15H20N4O2. The Balaban J connectivity index is 2.14. The van der Waals surface area contributed by atoms with Crippen LogP contribution in [-0.4, -0.2) is 35.3 Å². The first-order chi connectivity index (χ1) is 10.0. The number of imidazole rings is 1. The Morgan fingerprint density at radius 3 is 2.95 bits per heavy atom. The Morgan fingerprint density at radius 1 is 1.52 bits per heavy atom. The van der Waals surface area contributed by atoms with Gasteiger partial charge in [-0.25, -0.2) is 4.98 Å². The van der Waals surface area contributed by atoms with E-state index in [0.717, 1.165) is 11.5 Å². The summed E-state index contributed by atoms with van der Waals surface area (Å²) in [5.74, 6) is 1.09. The molecule has 0 saturated carbocycles. The van der Waals surface area contributed by atoms with E-state index < -0.39 is 0 Å². The number of amides is 2. The first-order valence-electron chi connectivity index (χ1n) is 6.94. The molecule has 2 heterocycles. The molecule has 0 aliphatic carbocycles. The number of hydrogen-bond acceptors (Lipinski definition) is 4. The second-order valence-corrected chi connectivity index (χ2v) is 5.32. The normalized spacial score (nSPS) is 10.9. The Bertz CT molecular complexity index is 648. The van der Waals surface area contributed by atoms with E-state index >= 15 is 0 Å². The van der Waals surface area contributed by atoms with Gasteiger partial charge in [0.15, 0.2) is 0 Å². The molecule has 2 amide bonds. The molecule has 112 valence electrons. The summed E-state index contributed by atoms with van der Waals surface area (Å²) in [4.78, 5) is 27.9. The van der Waals surface area contributed by atoms with E-state index in [-0.39, 0.29) is 12.3 Å². The van der Waals surface area contributed by atoms with Crippen LogP contribution in [0.5, 0.6) is 0 Å². The highest BCUT2D eigenvalue weighted by molar-refractivity contribution is 5.86. The largest absolute Gasteiger partial charge is 0.359 e. The summed E-state index contributed by atoms with van der Waals surface area (Å²) in [7, 11) is 1.90. The Labute approximate surface area is 123 Å². The van der Waals surface area contributed by atoms with Crippen LogP contribution in [0.1, 0.15) is 31.7 Å². The number of carbonyl (C=O) groups is 2. The number of carbonyl (C=O) groups excluding carboxylic acids is 2. The van der Waals surface area contributed by atoms with Gasteiger partial charge in [0.2, 0.25) is 12.3 Å². The van der Waals surface area contributed by atoms with E-state index in [1.54, 1.807) is 6.20 Å². The van der Waals surface area contributed by atoms with Crippen LogP contribution in [0.3, 0.4) is 0 Å². The third-order valence-electron chi connectivity index (χ3n) is 3.47. The van der Waals surface area contributed by atoms with Crippen molar-refractivity contribution in [3.05, 3.63) is 30.1 Å². The van der Waals surface area contributed by atoms with Crippen molar-refractivity contribution < 1.29 is 9.59 Å². The van der Waals surface area contributed by atoms with Gasteiger partial charge in [-0.1, -0.05) is 13.8 Å². The van der Waals surface area contributed by atoms with E-state index in [0.29, 0.717) is 18.9 Å². The minimum atomic E-state index is -0.284. The van der Waals surface area contributed by atoms with Gasteiger partial charge >= 0.3 is 0 Å². The van der Waals surface area contributed by atoms with Crippen LogP contribution < -0.4 is 10.2 Å². The summed E-state index contributed by atoms with van der Waals surface area (Å²) in [5, 5.41) is 2.13. The molecule has 6 nitrogen and oxygen atoms in total. The summed E-state index contributed by atoms with van der Waals surface area (Å²) < 4.78 is 1.99. The van der Waals surface area contributed by atoms with Crippen molar-refractivity contribution in [1.82, 2.24) is 14.7 Å². The second kappa shape index (κ2) is 6.39. The van der Waals surface area contributed by atoms with Gasteiger partial charge in [-0.05, 0) is 23.6 Å². The molecule has 0 aliphatic rings. The maximum atomic E-state index is 11.3. The van der Waals surface area contributed by atoms with Crippen LogP contribution in [-0.2, 0) is 9.59 Å². The number of anilines is 1. The zero-order chi connectivity index (χ0) is 15.4. The highest BCUT2D eigenvalue weighted by Crippen LogP contribution is 2.20. The van der Waals surface area contributed by atoms with Crippen LogP contribution in [0.15, 0.2) is 24.5 Å². The van der Waals surface area contributed by atoms with Crippen LogP contribution in [0.4, 0.5) is 5.82 Å². The van der Waals surface area contributed by atoms with Crippen molar-refractivity contribution in [2.75, 3.05) is 18.5 Å². The quantitative estimate of drug-likeness (QED) is 0.819. The van der Waals surface area contributed by atoms with Crippen LogP contribution in [0, 0.1) is 0 Å². The average Bonchev–Trinajstić information content (AvgIpc) is 2.88. The molecule has 2 rings (SSSR count). The number of hydrogen-bond donors (Lipinski definition) is 1. The first kappa shape index (κ1) is 15.0. The monoisotopic (exact) mass is 288 g/mol. The van der Waals surface area contributed by atoms with Gasteiger partial charge in [0.1, 0.15) is 11.5 Å². The van der Waals surface area contributed by atoms with Gasteiger partial charge in [0.25, 0.3) is 0 Å². The number of fused-ring (bicyclic) bond motifs is 1. The Kier molecular flexibility index (Phi) is 4.57. The molecule has 0 fully saturated rings. The maximum Gasteiger partial charge on any atom is 0.228 e. The van der Waals surface area contributed by atoms with Crippen molar-refractivity contribution in [3.8, 4) is 0 Å². The summed E-state index contributed by atoms with van der Waals surface area (Å²) in [6.07, 6.45) is 4.45. The highest BCUT2D eigenvalue weighted by atomic mass is 16.2. The van der Waals surface area contributed by atoms with Crippen LogP contribution in [0.25, 0.3) is 5.65 Å². The van der Waals surface area contributed by atoms with Gasteiger partial charge in [0.05, 0.1) is 6.20 Å². The zero-order valence-corrected chi connectivity index (χ0v) is 12.5. The number of aromatic nitrogens is 2. The Hall–Kier alpha value is -2.37. The van der Waals surface area contributed by atoms with Gasteiger partial charge in [-0.3, -0.25) is 19.3 Å². The smallest absolute Gasteiger partial charge is 0.228 e. The molecule has 0 saturated heterocycles. The fourth-order valence-electron chi connectivity index (χ4n) is 2.15. The van der Waals surface area contributed by atoms with Crippen molar-refractivity contribution >= 4 is 23.8 Å². The van der Waals surface area contributed by atoms with Crippen molar-refractivity contribution in [2.24, 2.45) is 0 Å². The molecule has 6 heteroatoms. The first-order valence-corrected chi connectivity index (χ1v) is 6.94. The second-order valence-electron chi connectivity index (χ2n) is 5.32. The molecule has 21 heavy (non-hydrogen) atoms. The number of nitrogens with one attached hydrogen (secondary N) is 1. The maximum absolute atomic E-state index is 11.3. The average molecular weight is 288 g/mol. The molecule has 0 unspecified atom stereocenters. The lowest BCUT2D eigenvalue weighted by molar-refractivity contribution is -0.125. The van der Waals surface area contributed by atoms with Gasteiger partial charge in [-0.15, -0.1) is 0 Å². The van der Waals surface area contributed by atoms with Gasteiger partial charge in [0, 0.05) is 26.2 Å². The van der Waals surface area contributed by atoms with Gasteiger partial charge in [-0.2, -0.15) is 0 Å². The highest BCUT2D eigenvalue weighted by Gasteiger charge is 2.11. The summed E-state index contributed by atoms with van der Waals surface area (Å²) in [6.45, 7) is 4.81. The molecule has 0 aromatic carbocycles. The number of imide groups is 1. The van der Waals surface area contributed by atoms with Crippen molar-refractivity contribution in [2.45, 2.75) is 26.2 Å². The molecule has 0 atom stereocenters. The molecule has 0 aliphatic heterocycles. The molecular weight excluding hydrogens is 268 g/mol. The number of pyridine rings is 1. The third kappa shape index (κ3) is 3.39. The lowest BCUT2D eigenvalue weighted by atomic mass is 10.1. The molecule has 2 aromatic heterocycles. The van der Waals surface area contributed by atoms with Crippen LogP contribution in [0.2, 0.25) is 0 Å². The van der Waals surface area contributed by atoms with E-state index in [4.69, 9.17) is 0 Å². The molecule has 1 N–H and O–H groups in total. The lowest BCUT2D eigenvalue weighted by Gasteiger charge is -2.18. The minimum absolute atomic E-state index is 0.256. The number of rotatable bonds is 6. The summed E-state index contributed by atoms with van der Waals surface area (Å²) in [6, 6.07) is 4.15. The molecule has 2 aromatic rings.